The maximum atomic E-state index is 13.0. The van der Waals surface area contributed by atoms with Crippen molar-refractivity contribution in [2.24, 2.45) is 0 Å². The monoisotopic (exact) mass is 312 g/mol. The zero-order chi connectivity index (χ0) is 16.4. The van der Waals surface area contributed by atoms with Crippen molar-refractivity contribution in [2.75, 3.05) is 11.9 Å². The van der Waals surface area contributed by atoms with Crippen LogP contribution in [0.25, 0.3) is 0 Å². The van der Waals surface area contributed by atoms with Crippen molar-refractivity contribution in [3.8, 4) is 0 Å². The Hall–Kier alpha value is -2.53. The number of halogens is 1. The number of carbonyl (C=O) groups excluding carboxylic acids is 2. The van der Waals surface area contributed by atoms with Gasteiger partial charge < -0.3 is 0 Å². The summed E-state index contributed by atoms with van der Waals surface area (Å²) in [6.07, 6.45) is 0.138. The van der Waals surface area contributed by atoms with Crippen LogP contribution >= 0.6 is 0 Å². The lowest BCUT2D eigenvalue weighted by atomic mass is 10.1. The van der Waals surface area contributed by atoms with E-state index in [0.29, 0.717) is 12.2 Å². The summed E-state index contributed by atoms with van der Waals surface area (Å²) < 4.78 is 13.0. The molecule has 2 aromatic carbocycles. The Morgan fingerprint density at radius 3 is 2.39 bits per heavy atom. The highest BCUT2D eigenvalue weighted by Crippen LogP contribution is 2.26. The van der Waals surface area contributed by atoms with Gasteiger partial charge in [0, 0.05) is 6.54 Å². The van der Waals surface area contributed by atoms with E-state index in [1.54, 1.807) is 0 Å². The Bertz CT molecular complexity index is 716. The number of benzene rings is 2. The molecule has 0 spiro atoms. The van der Waals surface area contributed by atoms with Crippen LogP contribution in [0.15, 0.2) is 54.6 Å². The molecule has 2 aromatic rings. The fourth-order valence-electron chi connectivity index (χ4n) is 2.80. The van der Waals surface area contributed by atoms with Gasteiger partial charge in [0.2, 0.25) is 5.91 Å². The number of rotatable bonds is 4. The van der Waals surface area contributed by atoms with Crippen LogP contribution in [0, 0.1) is 5.82 Å². The normalized spacial score (nSPS) is 18.0. The van der Waals surface area contributed by atoms with Crippen molar-refractivity contribution in [3.63, 3.8) is 0 Å². The van der Waals surface area contributed by atoms with Gasteiger partial charge in [-0.25, -0.2) is 9.29 Å². The van der Waals surface area contributed by atoms with E-state index in [-0.39, 0.29) is 18.2 Å². The molecule has 2 amide bonds. The maximum absolute atomic E-state index is 13.0. The van der Waals surface area contributed by atoms with Gasteiger partial charge in [-0.1, -0.05) is 30.3 Å². The van der Waals surface area contributed by atoms with Crippen LogP contribution in [0.1, 0.15) is 12.0 Å². The maximum Gasteiger partial charge on any atom is 0.251 e. The van der Waals surface area contributed by atoms with Gasteiger partial charge in [0.25, 0.3) is 5.91 Å². The number of hydrogen-bond acceptors (Lipinski definition) is 3. The third-order valence-electron chi connectivity index (χ3n) is 4.01. The summed E-state index contributed by atoms with van der Waals surface area (Å²) in [6.45, 7) is 0.585. The van der Waals surface area contributed by atoms with E-state index in [0.717, 1.165) is 10.5 Å². The minimum Gasteiger partial charge on any atom is -0.290 e. The van der Waals surface area contributed by atoms with E-state index in [2.05, 4.69) is 0 Å². The van der Waals surface area contributed by atoms with E-state index in [1.165, 1.54) is 24.3 Å². The van der Waals surface area contributed by atoms with Crippen molar-refractivity contribution < 1.29 is 14.0 Å². The molecular weight excluding hydrogens is 295 g/mol. The van der Waals surface area contributed by atoms with Gasteiger partial charge >= 0.3 is 0 Å². The SMILES string of the molecule is CN(Cc1ccccc1)C1CC(=O)N(c2ccc(F)cc2)C1=O. The Morgan fingerprint density at radius 1 is 1.09 bits per heavy atom. The number of imide groups is 1. The summed E-state index contributed by atoms with van der Waals surface area (Å²) >= 11 is 0. The predicted octanol–water partition coefficient (Wildman–Crippen LogP) is 2.59. The molecule has 1 aliphatic heterocycles. The zero-order valence-corrected chi connectivity index (χ0v) is 12.8. The Labute approximate surface area is 134 Å². The summed E-state index contributed by atoms with van der Waals surface area (Å²) in [5, 5.41) is 0. The molecule has 23 heavy (non-hydrogen) atoms. The standard InChI is InChI=1S/C18H17FN2O2/c1-20(12-13-5-3-2-4-6-13)16-11-17(22)21(18(16)23)15-9-7-14(19)8-10-15/h2-10,16H,11-12H2,1H3. The second-order valence-corrected chi connectivity index (χ2v) is 5.66. The average Bonchev–Trinajstić information content (AvgIpc) is 2.84. The third kappa shape index (κ3) is 3.14. The predicted molar refractivity (Wildman–Crippen MR) is 85.2 cm³/mol. The zero-order valence-electron chi connectivity index (χ0n) is 12.8. The van der Waals surface area contributed by atoms with Gasteiger partial charge in [-0.05, 0) is 36.9 Å². The van der Waals surface area contributed by atoms with Crippen LogP contribution in [0.3, 0.4) is 0 Å². The number of carbonyl (C=O) groups is 2. The van der Waals surface area contributed by atoms with Gasteiger partial charge in [-0.2, -0.15) is 0 Å². The van der Waals surface area contributed by atoms with Crippen molar-refractivity contribution >= 4 is 17.5 Å². The average molecular weight is 312 g/mol. The second-order valence-electron chi connectivity index (χ2n) is 5.66. The summed E-state index contributed by atoms with van der Waals surface area (Å²) in [7, 11) is 1.83. The van der Waals surface area contributed by atoms with Gasteiger partial charge in [0.05, 0.1) is 18.2 Å². The molecule has 1 unspecified atom stereocenters. The van der Waals surface area contributed by atoms with E-state index < -0.39 is 11.9 Å². The molecule has 1 heterocycles. The van der Waals surface area contributed by atoms with E-state index >= 15 is 0 Å². The second kappa shape index (κ2) is 6.30. The topological polar surface area (TPSA) is 40.6 Å². The Morgan fingerprint density at radius 2 is 1.74 bits per heavy atom. The highest BCUT2D eigenvalue weighted by atomic mass is 19.1. The van der Waals surface area contributed by atoms with Crippen LogP contribution in [-0.2, 0) is 16.1 Å². The Balaban J connectivity index is 1.76. The smallest absolute Gasteiger partial charge is 0.251 e. The van der Waals surface area contributed by atoms with Crippen LogP contribution < -0.4 is 4.90 Å². The molecule has 1 atom stereocenters. The minimum absolute atomic E-state index is 0.138. The molecule has 3 rings (SSSR count). The summed E-state index contributed by atoms with van der Waals surface area (Å²) in [4.78, 5) is 27.8. The van der Waals surface area contributed by atoms with Crippen molar-refractivity contribution in [2.45, 2.75) is 19.0 Å². The lowest BCUT2D eigenvalue weighted by molar-refractivity contribution is -0.122. The first-order valence-electron chi connectivity index (χ1n) is 7.43. The lowest BCUT2D eigenvalue weighted by Gasteiger charge is -2.23. The summed E-state index contributed by atoms with van der Waals surface area (Å²) in [6, 6.07) is 14.7. The summed E-state index contributed by atoms with van der Waals surface area (Å²) in [5.74, 6) is -0.919. The first-order chi connectivity index (χ1) is 11.1. The number of nitrogens with zero attached hydrogens (tertiary/aromatic N) is 2. The molecule has 1 saturated heterocycles. The van der Waals surface area contributed by atoms with Gasteiger partial charge in [0.1, 0.15) is 5.82 Å². The molecule has 0 aliphatic carbocycles. The first-order valence-corrected chi connectivity index (χ1v) is 7.43. The van der Waals surface area contributed by atoms with Crippen LogP contribution in [0.4, 0.5) is 10.1 Å². The molecule has 1 fully saturated rings. The largest absolute Gasteiger partial charge is 0.290 e. The minimum atomic E-state index is -0.493. The molecule has 5 heteroatoms. The molecule has 0 aromatic heterocycles. The molecule has 1 aliphatic rings. The number of anilines is 1. The molecule has 0 saturated carbocycles. The molecule has 118 valence electrons. The summed E-state index contributed by atoms with van der Waals surface area (Å²) in [5.41, 5.74) is 1.49. The number of likely N-dealkylation sites (N-methyl/N-ethyl adjacent to an activating group) is 1. The lowest BCUT2D eigenvalue weighted by Crippen LogP contribution is -2.39. The van der Waals surface area contributed by atoms with E-state index in [1.807, 2.05) is 42.3 Å². The van der Waals surface area contributed by atoms with E-state index in [9.17, 15) is 14.0 Å². The van der Waals surface area contributed by atoms with Gasteiger partial charge in [-0.15, -0.1) is 0 Å². The van der Waals surface area contributed by atoms with Crippen LogP contribution in [-0.4, -0.2) is 29.8 Å². The fraction of sp³-hybridized carbons (Fsp3) is 0.222. The number of amides is 2. The third-order valence-corrected chi connectivity index (χ3v) is 4.01. The quantitative estimate of drug-likeness (QED) is 0.815. The van der Waals surface area contributed by atoms with Crippen LogP contribution in [0.5, 0.6) is 0 Å². The first kappa shape index (κ1) is 15.4. The molecule has 0 N–H and O–H groups in total. The van der Waals surface area contributed by atoms with Gasteiger partial charge in [-0.3, -0.25) is 14.5 Å². The fourth-order valence-corrected chi connectivity index (χ4v) is 2.80. The van der Waals surface area contributed by atoms with Crippen molar-refractivity contribution in [3.05, 3.63) is 66.0 Å². The number of hydrogen-bond donors (Lipinski definition) is 0. The molecular formula is C18H17FN2O2. The molecule has 0 bridgehead atoms. The highest BCUT2D eigenvalue weighted by Gasteiger charge is 2.41. The molecule has 4 nitrogen and oxygen atoms in total. The van der Waals surface area contributed by atoms with E-state index in [4.69, 9.17) is 0 Å². The van der Waals surface area contributed by atoms with Crippen molar-refractivity contribution in [1.29, 1.82) is 0 Å². The van der Waals surface area contributed by atoms with Crippen molar-refractivity contribution in [1.82, 2.24) is 4.90 Å². The highest BCUT2D eigenvalue weighted by molar-refractivity contribution is 6.22. The van der Waals surface area contributed by atoms with Gasteiger partial charge in [0.15, 0.2) is 0 Å². The Kier molecular flexibility index (Phi) is 4.21. The molecule has 0 radical (unpaired) electrons. The van der Waals surface area contributed by atoms with Crippen LogP contribution in [0.2, 0.25) is 0 Å².